The zero-order valence-corrected chi connectivity index (χ0v) is 17.0. The number of benzene rings is 2. The molecular weight excluding hydrogens is 362 g/mol. The first-order valence-electron chi connectivity index (χ1n) is 9.36. The quantitative estimate of drug-likeness (QED) is 0.423. The second kappa shape index (κ2) is 10.5. The maximum absolute atomic E-state index is 13.3. The lowest BCUT2D eigenvalue weighted by Crippen LogP contribution is -2.14. The smallest absolute Gasteiger partial charge is 0.155 e. The molecule has 0 saturated carbocycles. The molecule has 2 N–H and O–H groups in total. The van der Waals surface area contributed by atoms with Gasteiger partial charge < -0.3 is 5.73 Å². The molecule has 0 saturated heterocycles. The fraction of sp³-hybridized carbons (Fsp3) is 0.409. The summed E-state index contributed by atoms with van der Waals surface area (Å²) in [4.78, 5) is 4.61. The Morgan fingerprint density at radius 3 is 1.81 bits per heavy atom. The Kier molecular flexibility index (Phi) is 8.29. The molecule has 0 aromatic heterocycles. The van der Waals surface area contributed by atoms with E-state index >= 15 is 0 Å². The molecule has 2 rings (SSSR count). The largest absolute Gasteiger partial charge is 0.379 e. The maximum Gasteiger partial charge on any atom is 0.155 e. The van der Waals surface area contributed by atoms with Crippen molar-refractivity contribution < 1.29 is 8.78 Å². The minimum Gasteiger partial charge on any atom is -0.379 e. The van der Waals surface area contributed by atoms with Crippen molar-refractivity contribution in [2.24, 2.45) is 16.6 Å². The molecule has 146 valence electrons. The lowest BCUT2D eigenvalue weighted by atomic mass is 10.0. The predicted octanol–water partition coefficient (Wildman–Crippen LogP) is 6.32. The average Bonchev–Trinajstić information content (AvgIpc) is 2.61. The minimum atomic E-state index is -0.290. The molecule has 2 aromatic carbocycles. The fourth-order valence-corrected chi connectivity index (χ4v) is 3.93. The molecule has 27 heavy (non-hydrogen) atoms. The number of nitrogens with two attached hydrogens (primary N) is 1. The highest BCUT2D eigenvalue weighted by Crippen LogP contribution is 2.36. The molecule has 2 aromatic rings. The van der Waals surface area contributed by atoms with Crippen LogP contribution in [0, 0.1) is 17.6 Å². The van der Waals surface area contributed by atoms with Gasteiger partial charge >= 0.3 is 0 Å². The van der Waals surface area contributed by atoms with E-state index in [0.717, 1.165) is 24.0 Å². The van der Waals surface area contributed by atoms with Crippen molar-refractivity contribution in [3.05, 3.63) is 71.3 Å². The van der Waals surface area contributed by atoms with Crippen LogP contribution in [0.2, 0.25) is 0 Å². The third-order valence-electron chi connectivity index (χ3n) is 4.34. The van der Waals surface area contributed by atoms with Crippen molar-refractivity contribution in [2.75, 3.05) is 0 Å². The molecule has 5 heteroatoms. The normalized spacial score (nSPS) is 13.4. The van der Waals surface area contributed by atoms with Gasteiger partial charge in [0.05, 0.1) is 5.25 Å². The third-order valence-corrected chi connectivity index (χ3v) is 5.46. The van der Waals surface area contributed by atoms with Gasteiger partial charge in [-0.05, 0) is 54.7 Å². The van der Waals surface area contributed by atoms with Crippen LogP contribution in [-0.2, 0) is 0 Å². The number of hydrogen-bond donors (Lipinski definition) is 1. The summed E-state index contributed by atoms with van der Waals surface area (Å²) in [6.45, 7) is 6.50. The van der Waals surface area contributed by atoms with Crippen molar-refractivity contribution in [1.82, 2.24) is 0 Å². The van der Waals surface area contributed by atoms with E-state index in [4.69, 9.17) is 5.73 Å². The van der Waals surface area contributed by atoms with Crippen LogP contribution in [0.15, 0.2) is 53.5 Å². The lowest BCUT2D eigenvalue weighted by Gasteiger charge is -2.18. The second-order valence-corrected chi connectivity index (χ2v) is 8.37. The Morgan fingerprint density at radius 1 is 0.889 bits per heavy atom. The number of rotatable bonds is 8. The molecule has 0 bridgehead atoms. The summed E-state index contributed by atoms with van der Waals surface area (Å²) < 4.78 is 26.6. The predicted molar refractivity (Wildman–Crippen MR) is 112 cm³/mol. The summed E-state index contributed by atoms with van der Waals surface area (Å²) in [6, 6.07) is 12.8. The number of hydrogen-bond acceptors (Lipinski definition) is 2. The standard InChI is InChI=1S/C22H28F2N2S/c1-15(2)5-4-6-16(3)26-22(25)27-21(17-7-11-19(23)12-8-17)18-9-13-20(24)14-10-18/h7-16,21H,4-6H2,1-3H3,(H2,25,26)/t16-/m0/s1. The number of halogens is 2. The van der Waals surface area contributed by atoms with Crippen LogP contribution in [-0.4, -0.2) is 11.2 Å². The summed E-state index contributed by atoms with van der Waals surface area (Å²) in [5, 5.41) is 0.323. The molecule has 0 amide bonds. The van der Waals surface area contributed by atoms with Crippen molar-refractivity contribution in [1.29, 1.82) is 0 Å². The van der Waals surface area contributed by atoms with Crippen molar-refractivity contribution in [3.63, 3.8) is 0 Å². The fourth-order valence-electron chi connectivity index (χ4n) is 2.86. The topological polar surface area (TPSA) is 38.4 Å². The van der Waals surface area contributed by atoms with Gasteiger partial charge in [-0.1, -0.05) is 62.7 Å². The van der Waals surface area contributed by atoms with E-state index in [1.165, 1.54) is 42.4 Å². The molecule has 0 heterocycles. The van der Waals surface area contributed by atoms with E-state index in [0.29, 0.717) is 11.1 Å². The lowest BCUT2D eigenvalue weighted by molar-refractivity contribution is 0.512. The van der Waals surface area contributed by atoms with Crippen LogP contribution in [0.3, 0.4) is 0 Å². The van der Waals surface area contributed by atoms with Crippen LogP contribution in [0.5, 0.6) is 0 Å². The van der Waals surface area contributed by atoms with Gasteiger partial charge in [-0.25, -0.2) is 8.78 Å². The van der Waals surface area contributed by atoms with E-state index in [2.05, 4.69) is 25.8 Å². The van der Waals surface area contributed by atoms with Crippen molar-refractivity contribution in [3.8, 4) is 0 Å². The Bertz CT molecular complexity index is 681. The minimum absolute atomic E-state index is 0.151. The number of amidine groups is 1. The van der Waals surface area contributed by atoms with Crippen LogP contribution in [0.25, 0.3) is 0 Å². The number of aliphatic imine (C=N–C) groups is 1. The highest BCUT2D eigenvalue weighted by atomic mass is 32.2. The van der Waals surface area contributed by atoms with Crippen molar-refractivity contribution >= 4 is 16.9 Å². The monoisotopic (exact) mass is 390 g/mol. The van der Waals surface area contributed by atoms with Gasteiger partial charge in [0.2, 0.25) is 0 Å². The molecule has 0 spiro atoms. The Morgan fingerprint density at radius 2 is 1.37 bits per heavy atom. The van der Waals surface area contributed by atoms with E-state index in [-0.39, 0.29) is 22.9 Å². The van der Waals surface area contributed by atoms with E-state index in [9.17, 15) is 8.78 Å². The summed E-state index contributed by atoms with van der Waals surface area (Å²) in [5.74, 6) is 0.110. The summed E-state index contributed by atoms with van der Waals surface area (Å²) in [5.41, 5.74) is 8.01. The highest BCUT2D eigenvalue weighted by Gasteiger charge is 2.18. The maximum atomic E-state index is 13.3. The van der Waals surface area contributed by atoms with E-state index in [1.807, 2.05) is 0 Å². The molecular formula is C22H28F2N2S. The first-order valence-corrected chi connectivity index (χ1v) is 10.2. The van der Waals surface area contributed by atoms with E-state index < -0.39 is 0 Å². The summed E-state index contributed by atoms with van der Waals surface area (Å²) in [7, 11) is 0. The molecule has 0 aliphatic rings. The molecule has 0 aliphatic heterocycles. The van der Waals surface area contributed by atoms with Gasteiger partial charge in [0.15, 0.2) is 5.17 Å². The first-order chi connectivity index (χ1) is 12.8. The van der Waals surface area contributed by atoms with Crippen LogP contribution < -0.4 is 5.73 Å². The molecule has 2 nitrogen and oxygen atoms in total. The average molecular weight is 391 g/mol. The van der Waals surface area contributed by atoms with Gasteiger partial charge in [-0.3, -0.25) is 4.99 Å². The summed E-state index contributed by atoms with van der Waals surface area (Å²) >= 11 is 1.41. The van der Waals surface area contributed by atoms with Crippen molar-refractivity contribution in [2.45, 2.75) is 51.3 Å². The first kappa shape index (κ1) is 21.4. The van der Waals surface area contributed by atoms with Gasteiger partial charge in [0, 0.05) is 6.04 Å². The zero-order chi connectivity index (χ0) is 19.8. The van der Waals surface area contributed by atoms with E-state index in [1.54, 1.807) is 24.3 Å². The SMILES string of the molecule is CC(C)CCC[C@H](C)N=C(N)SC(c1ccc(F)cc1)c1ccc(F)cc1. The van der Waals surface area contributed by atoms with Gasteiger partial charge in [0.25, 0.3) is 0 Å². The van der Waals surface area contributed by atoms with Gasteiger partial charge in [-0.2, -0.15) is 0 Å². The molecule has 0 aliphatic carbocycles. The van der Waals surface area contributed by atoms with Gasteiger partial charge in [-0.15, -0.1) is 0 Å². The van der Waals surface area contributed by atoms with Crippen LogP contribution in [0.1, 0.15) is 56.4 Å². The zero-order valence-electron chi connectivity index (χ0n) is 16.2. The summed E-state index contributed by atoms with van der Waals surface area (Å²) in [6.07, 6.45) is 3.30. The third kappa shape index (κ3) is 7.33. The molecule has 0 unspecified atom stereocenters. The number of thioether (sulfide) groups is 1. The second-order valence-electron chi connectivity index (χ2n) is 7.24. The van der Waals surface area contributed by atoms with Gasteiger partial charge in [0.1, 0.15) is 11.6 Å². The molecule has 0 fully saturated rings. The molecule has 1 atom stereocenters. The molecule has 0 radical (unpaired) electrons. The van der Waals surface area contributed by atoms with Crippen LogP contribution >= 0.6 is 11.8 Å². The Labute approximate surface area is 165 Å². The Hall–Kier alpha value is -1.88. The highest BCUT2D eigenvalue weighted by molar-refractivity contribution is 8.14. The Balaban J connectivity index is 2.14. The van der Waals surface area contributed by atoms with Crippen LogP contribution in [0.4, 0.5) is 8.78 Å². The number of nitrogens with zero attached hydrogens (tertiary/aromatic N) is 1.